The molecule has 7 aromatic carbocycles. The second kappa shape index (κ2) is 12.6. The summed E-state index contributed by atoms with van der Waals surface area (Å²) in [4.78, 5) is 15.1. The average Bonchev–Trinajstić information content (AvgIpc) is 3.24. The molecule has 3 nitrogen and oxygen atoms in total. The number of aromatic nitrogens is 3. The normalized spacial score (nSPS) is 15.5. The smallest absolute Gasteiger partial charge is 0.164 e. The highest BCUT2D eigenvalue weighted by molar-refractivity contribution is 5.90. The maximum absolute atomic E-state index is 5.06. The van der Waals surface area contributed by atoms with Crippen molar-refractivity contribution in [1.82, 2.24) is 15.0 Å². The number of hydrogen-bond acceptors (Lipinski definition) is 3. The van der Waals surface area contributed by atoms with Crippen LogP contribution in [0.2, 0.25) is 0 Å². The third kappa shape index (κ3) is 5.35. The van der Waals surface area contributed by atoms with E-state index in [1.165, 1.54) is 44.3 Å². The highest BCUT2D eigenvalue weighted by Gasteiger charge is 2.31. The zero-order valence-electron chi connectivity index (χ0n) is 28.4. The minimum Gasteiger partial charge on any atom is -0.208 e. The molecule has 1 heterocycles. The van der Waals surface area contributed by atoms with Gasteiger partial charge >= 0.3 is 0 Å². The minimum absolute atomic E-state index is 0.359. The fourth-order valence-electron chi connectivity index (χ4n) is 7.85. The Morgan fingerprint density at radius 1 is 0.308 bits per heavy atom. The van der Waals surface area contributed by atoms with Crippen molar-refractivity contribution >= 4 is 10.8 Å². The molecule has 244 valence electrons. The SMILES string of the molecule is C1=CC2c3ccccc3-c3cc(-c4ccc(-c5nc(-c6ccccc6)nc(-c6ccc7cc(-c8ccccc8)ccc7c6)n5)cc4)ccc3C2C=C1. The monoisotopic (exact) mass is 663 g/mol. The molecular weight excluding hydrogens is 631 g/mol. The number of nitrogens with zero attached hydrogens (tertiary/aromatic N) is 3. The van der Waals surface area contributed by atoms with Gasteiger partial charge in [0.05, 0.1) is 0 Å². The fourth-order valence-corrected chi connectivity index (χ4v) is 7.85. The van der Waals surface area contributed by atoms with Crippen molar-refractivity contribution in [3.05, 3.63) is 199 Å². The lowest BCUT2D eigenvalue weighted by atomic mass is 9.69. The van der Waals surface area contributed by atoms with Gasteiger partial charge in [0.1, 0.15) is 0 Å². The van der Waals surface area contributed by atoms with Gasteiger partial charge in [-0.1, -0.05) is 170 Å². The van der Waals surface area contributed by atoms with Crippen LogP contribution < -0.4 is 0 Å². The summed E-state index contributed by atoms with van der Waals surface area (Å²) in [5, 5.41) is 2.32. The van der Waals surface area contributed by atoms with Gasteiger partial charge in [-0.05, 0) is 73.5 Å². The van der Waals surface area contributed by atoms with E-state index in [0.29, 0.717) is 29.3 Å². The van der Waals surface area contributed by atoms with Crippen molar-refractivity contribution in [3.63, 3.8) is 0 Å². The lowest BCUT2D eigenvalue weighted by molar-refractivity contribution is 0.720. The first kappa shape index (κ1) is 30.1. The third-order valence-corrected chi connectivity index (χ3v) is 10.5. The van der Waals surface area contributed by atoms with Gasteiger partial charge in [-0.3, -0.25) is 0 Å². The van der Waals surface area contributed by atoms with Crippen LogP contribution in [0.15, 0.2) is 188 Å². The molecule has 0 spiro atoms. The van der Waals surface area contributed by atoms with E-state index in [1.807, 2.05) is 36.4 Å². The molecule has 8 aromatic rings. The van der Waals surface area contributed by atoms with Crippen LogP contribution in [-0.2, 0) is 0 Å². The fraction of sp³-hybridized carbons (Fsp3) is 0.0408. The van der Waals surface area contributed by atoms with Crippen LogP contribution in [0, 0.1) is 0 Å². The molecular formula is C49H33N3. The van der Waals surface area contributed by atoms with Crippen LogP contribution >= 0.6 is 0 Å². The van der Waals surface area contributed by atoms with Crippen molar-refractivity contribution < 1.29 is 0 Å². The molecule has 2 aliphatic carbocycles. The topological polar surface area (TPSA) is 38.7 Å². The molecule has 0 radical (unpaired) electrons. The van der Waals surface area contributed by atoms with E-state index in [1.54, 1.807) is 0 Å². The quantitative estimate of drug-likeness (QED) is 0.184. The summed E-state index contributed by atoms with van der Waals surface area (Å²) >= 11 is 0. The Labute approximate surface area is 303 Å². The van der Waals surface area contributed by atoms with Gasteiger partial charge in [0, 0.05) is 28.5 Å². The molecule has 2 atom stereocenters. The van der Waals surface area contributed by atoms with Gasteiger partial charge in [-0.2, -0.15) is 0 Å². The van der Waals surface area contributed by atoms with Gasteiger partial charge < -0.3 is 0 Å². The Bertz CT molecular complexity index is 2670. The summed E-state index contributed by atoms with van der Waals surface area (Å²) in [5.41, 5.74) is 13.1. The molecule has 1 aromatic heterocycles. The Morgan fingerprint density at radius 2 is 0.750 bits per heavy atom. The van der Waals surface area contributed by atoms with Gasteiger partial charge in [0.2, 0.25) is 0 Å². The van der Waals surface area contributed by atoms with E-state index in [0.717, 1.165) is 27.6 Å². The highest BCUT2D eigenvalue weighted by Crippen LogP contribution is 2.50. The van der Waals surface area contributed by atoms with Crippen molar-refractivity contribution in [3.8, 4) is 67.5 Å². The molecule has 0 amide bonds. The minimum atomic E-state index is 0.359. The lowest BCUT2D eigenvalue weighted by Gasteiger charge is -2.34. The van der Waals surface area contributed by atoms with Crippen LogP contribution in [0.25, 0.3) is 78.3 Å². The first-order valence-electron chi connectivity index (χ1n) is 17.9. The predicted octanol–water partition coefficient (Wildman–Crippen LogP) is 12.3. The highest BCUT2D eigenvalue weighted by atomic mass is 15.0. The van der Waals surface area contributed by atoms with Gasteiger partial charge in [-0.25, -0.2) is 15.0 Å². The Balaban J connectivity index is 1.02. The second-order valence-electron chi connectivity index (χ2n) is 13.6. The zero-order valence-corrected chi connectivity index (χ0v) is 28.4. The van der Waals surface area contributed by atoms with E-state index in [-0.39, 0.29) is 0 Å². The third-order valence-electron chi connectivity index (χ3n) is 10.5. The Hall–Kier alpha value is -6.71. The largest absolute Gasteiger partial charge is 0.208 e. The number of allylic oxidation sites excluding steroid dienone is 4. The second-order valence-corrected chi connectivity index (χ2v) is 13.6. The number of fused-ring (bicyclic) bond motifs is 7. The molecule has 0 saturated carbocycles. The average molecular weight is 664 g/mol. The van der Waals surface area contributed by atoms with E-state index >= 15 is 0 Å². The molecule has 0 fully saturated rings. The van der Waals surface area contributed by atoms with E-state index in [2.05, 4.69) is 152 Å². The molecule has 2 aliphatic rings. The molecule has 0 aliphatic heterocycles. The molecule has 0 bridgehead atoms. The summed E-state index contributed by atoms with van der Waals surface area (Å²) < 4.78 is 0. The number of benzene rings is 7. The van der Waals surface area contributed by atoms with E-state index in [9.17, 15) is 0 Å². The van der Waals surface area contributed by atoms with Gasteiger partial charge in [0.15, 0.2) is 17.5 Å². The van der Waals surface area contributed by atoms with Gasteiger partial charge in [-0.15, -0.1) is 0 Å². The molecule has 10 rings (SSSR count). The van der Waals surface area contributed by atoms with Crippen LogP contribution in [0.5, 0.6) is 0 Å². The summed E-state index contributed by atoms with van der Waals surface area (Å²) in [7, 11) is 0. The molecule has 2 unspecified atom stereocenters. The van der Waals surface area contributed by atoms with Crippen molar-refractivity contribution in [1.29, 1.82) is 0 Å². The first-order valence-corrected chi connectivity index (χ1v) is 17.9. The first-order chi connectivity index (χ1) is 25.7. The summed E-state index contributed by atoms with van der Waals surface area (Å²) in [6.07, 6.45) is 9.06. The van der Waals surface area contributed by atoms with E-state index in [4.69, 9.17) is 15.0 Å². The Kier molecular flexibility index (Phi) is 7.28. The summed E-state index contributed by atoms with van der Waals surface area (Å²) in [6, 6.07) is 58.2. The molecule has 3 heteroatoms. The van der Waals surface area contributed by atoms with Gasteiger partial charge in [0.25, 0.3) is 0 Å². The van der Waals surface area contributed by atoms with Crippen molar-refractivity contribution in [2.75, 3.05) is 0 Å². The number of rotatable bonds is 5. The van der Waals surface area contributed by atoms with Crippen LogP contribution in [0.4, 0.5) is 0 Å². The van der Waals surface area contributed by atoms with E-state index < -0.39 is 0 Å². The predicted molar refractivity (Wildman–Crippen MR) is 214 cm³/mol. The van der Waals surface area contributed by atoms with Crippen LogP contribution in [-0.4, -0.2) is 15.0 Å². The maximum atomic E-state index is 5.06. The summed E-state index contributed by atoms with van der Waals surface area (Å²) in [6.45, 7) is 0. The van der Waals surface area contributed by atoms with Crippen LogP contribution in [0.1, 0.15) is 23.0 Å². The lowest BCUT2D eigenvalue weighted by Crippen LogP contribution is -2.16. The van der Waals surface area contributed by atoms with Crippen molar-refractivity contribution in [2.24, 2.45) is 0 Å². The number of hydrogen-bond donors (Lipinski definition) is 0. The van der Waals surface area contributed by atoms with Crippen molar-refractivity contribution in [2.45, 2.75) is 11.8 Å². The molecule has 0 N–H and O–H groups in total. The standard InChI is InChI=1S/C49H33N3/c1-3-11-32(12-4-1)36-23-24-38-30-40(26-25-37(38)29-36)49-51-47(34-13-5-2-6-14-34)50-48(52-49)35-21-19-33(20-22-35)39-27-28-45-43-17-8-7-15-41(43)42-16-9-10-18-44(42)46(45)31-39/h1-31,41,43H. The molecule has 0 saturated heterocycles. The Morgan fingerprint density at radius 3 is 1.44 bits per heavy atom. The zero-order chi connectivity index (χ0) is 34.4. The molecule has 52 heavy (non-hydrogen) atoms. The summed E-state index contributed by atoms with van der Waals surface area (Å²) in [5.74, 6) is 2.70. The van der Waals surface area contributed by atoms with Crippen LogP contribution in [0.3, 0.4) is 0 Å². The maximum Gasteiger partial charge on any atom is 0.164 e.